The third-order valence-electron chi connectivity index (χ3n) is 3.66. The van der Waals surface area contributed by atoms with Gasteiger partial charge >= 0.3 is 0 Å². The molecule has 0 radical (unpaired) electrons. The summed E-state index contributed by atoms with van der Waals surface area (Å²) in [5, 5.41) is 9.43. The maximum absolute atomic E-state index is 9.43. The van der Waals surface area contributed by atoms with Gasteiger partial charge < -0.3 is 10.8 Å². The zero-order valence-corrected chi connectivity index (χ0v) is 5.25. The highest BCUT2D eigenvalue weighted by molar-refractivity contribution is 5.30. The van der Waals surface area contributed by atoms with Crippen molar-refractivity contribution >= 4 is 0 Å². The van der Waals surface area contributed by atoms with Crippen molar-refractivity contribution in [1.29, 1.82) is 0 Å². The van der Waals surface area contributed by atoms with Crippen LogP contribution in [-0.2, 0) is 0 Å². The van der Waals surface area contributed by atoms with Crippen LogP contribution in [0.25, 0.3) is 0 Å². The van der Waals surface area contributed by atoms with Gasteiger partial charge in [-0.25, -0.2) is 0 Å². The van der Waals surface area contributed by atoms with E-state index in [0.717, 1.165) is 6.42 Å². The summed E-state index contributed by atoms with van der Waals surface area (Å²) in [6.07, 6.45) is 2.28. The SMILES string of the molecule is NC12CC3CC1C2C3O. The van der Waals surface area contributed by atoms with Gasteiger partial charge in [0.05, 0.1) is 6.10 Å². The number of hydrogen-bond acceptors (Lipinski definition) is 2. The molecular weight excluding hydrogens is 114 g/mol. The average molecular weight is 125 g/mol. The van der Waals surface area contributed by atoms with E-state index in [1.165, 1.54) is 6.42 Å². The normalized spacial score (nSPS) is 75.3. The van der Waals surface area contributed by atoms with E-state index in [4.69, 9.17) is 5.73 Å². The molecule has 5 atom stereocenters. The molecule has 0 heterocycles. The smallest absolute Gasteiger partial charge is 0.0618 e. The Morgan fingerprint density at radius 2 is 2.33 bits per heavy atom. The summed E-state index contributed by atoms with van der Waals surface area (Å²) in [7, 11) is 0. The molecular formula is C7H11NO. The molecule has 0 amide bonds. The Hall–Kier alpha value is -0.0800. The summed E-state index contributed by atoms with van der Waals surface area (Å²) >= 11 is 0. The van der Waals surface area contributed by atoms with Gasteiger partial charge in [0, 0.05) is 11.5 Å². The number of aliphatic hydroxyl groups is 1. The molecule has 2 nitrogen and oxygen atoms in total. The topological polar surface area (TPSA) is 46.2 Å². The van der Waals surface area contributed by atoms with Gasteiger partial charge in [0.2, 0.25) is 0 Å². The molecule has 4 bridgehead atoms. The zero-order chi connectivity index (χ0) is 6.22. The first-order chi connectivity index (χ1) is 4.23. The Morgan fingerprint density at radius 3 is 2.44 bits per heavy atom. The van der Waals surface area contributed by atoms with E-state index in [1.807, 2.05) is 0 Å². The van der Waals surface area contributed by atoms with Crippen molar-refractivity contribution < 1.29 is 5.11 Å². The predicted octanol–water partition coefficient (Wildman–Crippen LogP) is -0.286. The van der Waals surface area contributed by atoms with Gasteiger partial charge in [-0.1, -0.05) is 0 Å². The van der Waals surface area contributed by atoms with Crippen LogP contribution in [0.3, 0.4) is 0 Å². The maximum atomic E-state index is 9.43. The summed E-state index contributed by atoms with van der Waals surface area (Å²) in [5.74, 6) is 1.78. The largest absolute Gasteiger partial charge is 0.392 e. The quantitative estimate of drug-likeness (QED) is 0.467. The lowest BCUT2D eigenvalue weighted by Crippen LogP contribution is -2.22. The predicted molar refractivity (Wildman–Crippen MR) is 32.6 cm³/mol. The summed E-state index contributed by atoms with van der Waals surface area (Å²) in [4.78, 5) is 0. The Balaban J connectivity index is 2.10. The molecule has 0 aliphatic heterocycles. The van der Waals surface area contributed by atoms with Gasteiger partial charge in [0.1, 0.15) is 0 Å². The van der Waals surface area contributed by atoms with Crippen LogP contribution in [-0.4, -0.2) is 16.7 Å². The van der Waals surface area contributed by atoms with Crippen LogP contribution in [0.15, 0.2) is 0 Å². The molecule has 2 heteroatoms. The number of hydrogen-bond donors (Lipinski definition) is 2. The summed E-state index contributed by atoms with van der Waals surface area (Å²) in [6.45, 7) is 0. The van der Waals surface area contributed by atoms with Crippen LogP contribution < -0.4 is 5.73 Å². The molecule has 4 saturated carbocycles. The van der Waals surface area contributed by atoms with Crippen molar-refractivity contribution in [3.8, 4) is 0 Å². The minimum absolute atomic E-state index is 0.0278. The van der Waals surface area contributed by atoms with Crippen molar-refractivity contribution in [3.63, 3.8) is 0 Å². The minimum atomic E-state index is -0.0278. The van der Waals surface area contributed by atoms with E-state index in [1.54, 1.807) is 0 Å². The first-order valence-corrected chi connectivity index (χ1v) is 3.70. The first-order valence-electron chi connectivity index (χ1n) is 3.70. The summed E-state index contributed by atoms with van der Waals surface area (Å²) in [6, 6.07) is 0. The van der Waals surface area contributed by atoms with E-state index < -0.39 is 0 Å². The van der Waals surface area contributed by atoms with Crippen LogP contribution in [0.4, 0.5) is 0 Å². The van der Waals surface area contributed by atoms with E-state index in [9.17, 15) is 5.11 Å². The molecule has 5 unspecified atom stereocenters. The van der Waals surface area contributed by atoms with Crippen LogP contribution >= 0.6 is 0 Å². The Morgan fingerprint density at radius 1 is 1.56 bits per heavy atom. The number of rotatable bonds is 0. The molecule has 0 aromatic rings. The average Bonchev–Trinajstić information content (AvgIpc) is 2.21. The third-order valence-corrected chi connectivity index (χ3v) is 3.66. The van der Waals surface area contributed by atoms with Crippen molar-refractivity contribution in [3.05, 3.63) is 0 Å². The molecule has 4 rings (SSSR count). The van der Waals surface area contributed by atoms with Gasteiger partial charge in [0.15, 0.2) is 0 Å². The molecule has 3 N–H and O–H groups in total. The van der Waals surface area contributed by atoms with Gasteiger partial charge in [-0.05, 0) is 24.7 Å². The monoisotopic (exact) mass is 125 g/mol. The Bertz CT molecular complexity index is 180. The minimum Gasteiger partial charge on any atom is -0.392 e. The molecule has 0 saturated heterocycles. The first kappa shape index (κ1) is 4.69. The van der Waals surface area contributed by atoms with Gasteiger partial charge in [-0.3, -0.25) is 0 Å². The second kappa shape index (κ2) is 0.956. The van der Waals surface area contributed by atoms with Crippen molar-refractivity contribution in [2.45, 2.75) is 24.5 Å². The summed E-state index contributed by atoms with van der Waals surface area (Å²) in [5.41, 5.74) is 6.08. The standard InChI is InChI=1S/C7H11NO/c8-7-2-3-1-4(7)5(7)6(3)9/h3-6,9H,1-2,8H2. The fraction of sp³-hybridized carbons (Fsp3) is 1.00. The van der Waals surface area contributed by atoms with Gasteiger partial charge in [-0.15, -0.1) is 0 Å². The lowest BCUT2D eigenvalue weighted by molar-refractivity contribution is 0.135. The molecule has 0 spiro atoms. The highest BCUT2D eigenvalue weighted by Crippen LogP contribution is 2.71. The second-order valence-electron chi connectivity index (χ2n) is 3.94. The van der Waals surface area contributed by atoms with Crippen LogP contribution in [0.1, 0.15) is 12.8 Å². The fourth-order valence-electron chi connectivity index (χ4n) is 3.20. The Labute approximate surface area is 54.0 Å². The Kier molecular flexibility index (Phi) is 0.498. The molecule has 50 valence electrons. The van der Waals surface area contributed by atoms with Crippen LogP contribution in [0.2, 0.25) is 0 Å². The highest BCUT2D eigenvalue weighted by Gasteiger charge is 2.77. The molecule has 4 fully saturated rings. The number of aliphatic hydroxyl groups excluding tert-OH is 1. The van der Waals surface area contributed by atoms with E-state index in [0.29, 0.717) is 17.8 Å². The second-order valence-corrected chi connectivity index (χ2v) is 3.94. The molecule has 9 heavy (non-hydrogen) atoms. The van der Waals surface area contributed by atoms with E-state index in [2.05, 4.69) is 0 Å². The lowest BCUT2D eigenvalue weighted by atomic mass is 10.1. The van der Waals surface area contributed by atoms with Crippen LogP contribution in [0.5, 0.6) is 0 Å². The van der Waals surface area contributed by atoms with Gasteiger partial charge in [0.25, 0.3) is 0 Å². The molecule has 0 aromatic heterocycles. The zero-order valence-electron chi connectivity index (χ0n) is 5.25. The molecule has 4 aliphatic rings. The van der Waals surface area contributed by atoms with Crippen molar-refractivity contribution in [2.75, 3.05) is 0 Å². The van der Waals surface area contributed by atoms with Crippen molar-refractivity contribution in [1.82, 2.24) is 0 Å². The molecule has 0 aromatic carbocycles. The maximum Gasteiger partial charge on any atom is 0.0618 e. The van der Waals surface area contributed by atoms with Gasteiger partial charge in [-0.2, -0.15) is 0 Å². The summed E-state index contributed by atoms with van der Waals surface area (Å²) < 4.78 is 0. The molecule has 4 aliphatic carbocycles. The van der Waals surface area contributed by atoms with Crippen molar-refractivity contribution in [2.24, 2.45) is 23.5 Å². The highest BCUT2D eigenvalue weighted by atomic mass is 16.3. The van der Waals surface area contributed by atoms with Crippen LogP contribution in [0, 0.1) is 17.8 Å². The van der Waals surface area contributed by atoms with E-state index in [-0.39, 0.29) is 11.6 Å². The fourth-order valence-corrected chi connectivity index (χ4v) is 3.20. The third kappa shape index (κ3) is 0.290. The lowest BCUT2D eigenvalue weighted by Gasteiger charge is -2.03. The number of nitrogens with two attached hydrogens (primary N) is 1. The van der Waals surface area contributed by atoms with E-state index >= 15 is 0 Å².